The number of carbonyl (C=O) groups is 1. The molecule has 6 nitrogen and oxygen atoms in total. The van der Waals surface area contributed by atoms with E-state index in [1.54, 1.807) is 29.4 Å². The van der Waals surface area contributed by atoms with Gasteiger partial charge in [-0.15, -0.1) is 0 Å². The smallest absolute Gasteiger partial charge is 0.410 e. The molecule has 1 aliphatic rings. The van der Waals surface area contributed by atoms with Crippen molar-refractivity contribution in [3.63, 3.8) is 0 Å². The van der Waals surface area contributed by atoms with Gasteiger partial charge >= 0.3 is 6.09 Å². The fourth-order valence-corrected chi connectivity index (χ4v) is 2.79. The van der Waals surface area contributed by atoms with Gasteiger partial charge in [0.2, 0.25) is 0 Å². The molecule has 132 valence electrons. The Morgan fingerprint density at radius 1 is 1.20 bits per heavy atom. The maximum Gasteiger partial charge on any atom is 0.410 e. The Hall–Kier alpha value is -2.70. The van der Waals surface area contributed by atoms with Crippen LogP contribution in [-0.2, 0) is 11.3 Å². The first-order valence-electron chi connectivity index (χ1n) is 8.37. The molecular weight excluding hydrogens is 323 g/mol. The largest absolute Gasteiger partial charge is 0.445 e. The van der Waals surface area contributed by atoms with Gasteiger partial charge in [0, 0.05) is 19.6 Å². The highest BCUT2D eigenvalue weighted by molar-refractivity contribution is 5.67. The minimum atomic E-state index is -0.311. The van der Waals surface area contributed by atoms with Gasteiger partial charge in [-0.1, -0.05) is 12.1 Å². The van der Waals surface area contributed by atoms with Gasteiger partial charge in [-0.3, -0.25) is 0 Å². The van der Waals surface area contributed by atoms with Crippen LogP contribution in [-0.4, -0.2) is 40.8 Å². The van der Waals surface area contributed by atoms with Crippen molar-refractivity contribution in [3.05, 3.63) is 54.1 Å². The lowest BCUT2D eigenvalue weighted by Gasteiger charge is -2.31. The van der Waals surface area contributed by atoms with Crippen LogP contribution in [0.15, 0.2) is 42.7 Å². The van der Waals surface area contributed by atoms with Crippen molar-refractivity contribution in [1.29, 1.82) is 0 Å². The third-order valence-corrected chi connectivity index (χ3v) is 4.33. The van der Waals surface area contributed by atoms with E-state index in [0.29, 0.717) is 19.0 Å². The molecule has 1 aliphatic heterocycles. The zero-order chi connectivity index (χ0) is 17.5. The highest BCUT2D eigenvalue weighted by Crippen LogP contribution is 2.19. The lowest BCUT2D eigenvalue weighted by Crippen LogP contribution is -2.40. The molecule has 1 fully saturated rings. The van der Waals surface area contributed by atoms with E-state index in [2.05, 4.69) is 15.5 Å². The summed E-state index contributed by atoms with van der Waals surface area (Å²) in [7, 11) is 0. The summed E-state index contributed by atoms with van der Waals surface area (Å²) in [6.45, 7) is 2.38. The average molecular weight is 344 g/mol. The van der Waals surface area contributed by atoms with Gasteiger partial charge in [0.15, 0.2) is 0 Å². The highest BCUT2D eigenvalue weighted by atomic mass is 19.1. The van der Waals surface area contributed by atoms with Gasteiger partial charge in [0.05, 0.1) is 18.1 Å². The Kier molecular flexibility index (Phi) is 5.77. The van der Waals surface area contributed by atoms with Gasteiger partial charge < -0.3 is 15.0 Å². The molecule has 7 heteroatoms. The minimum absolute atomic E-state index is 0.162. The molecule has 1 aromatic carbocycles. The van der Waals surface area contributed by atoms with Crippen LogP contribution in [0.5, 0.6) is 0 Å². The summed E-state index contributed by atoms with van der Waals surface area (Å²) in [6.07, 6.45) is 4.90. The molecule has 1 saturated heterocycles. The Morgan fingerprint density at radius 3 is 2.64 bits per heavy atom. The summed E-state index contributed by atoms with van der Waals surface area (Å²) in [5, 5.41) is 10.9. The van der Waals surface area contributed by atoms with Gasteiger partial charge in [0.1, 0.15) is 12.4 Å². The SMILES string of the molecule is O=C(OCc1ccc(F)cc1)N1CCC(CNc2ccnnc2)CC1. The zero-order valence-corrected chi connectivity index (χ0v) is 13.9. The topological polar surface area (TPSA) is 67.3 Å². The number of ether oxygens (including phenoxy) is 1. The van der Waals surface area contributed by atoms with Gasteiger partial charge in [-0.05, 0) is 42.5 Å². The Labute approximate surface area is 146 Å². The first kappa shape index (κ1) is 17.1. The van der Waals surface area contributed by atoms with E-state index in [4.69, 9.17) is 4.74 Å². The van der Waals surface area contributed by atoms with E-state index in [-0.39, 0.29) is 18.5 Å². The number of hydrogen-bond acceptors (Lipinski definition) is 5. The normalized spacial score (nSPS) is 15.0. The first-order chi connectivity index (χ1) is 12.2. The molecule has 0 saturated carbocycles. The number of amides is 1. The lowest BCUT2D eigenvalue weighted by molar-refractivity contribution is 0.0832. The number of carbonyl (C=O) groups excluding carboxylic acids is 1. The average Bonchev–Trinajstić information content (AvgIpc) is 2.67. The van der Waals surface area contributed by atoms with Crippen molar-refractivity contribution in [1.82, 2.24) is 15.1 Å². The summed E-state index contributed by atoms with van der Waals surface area (Å²) in [4.78, 5) is 13.9. The van der Waals surface area contributed by atoms with Crippen LogP contribution in [0, 0.1) is 11.7 Å². The van der Waals surface area contributed by atoms with E-state index >= 15 is 0 Å². The molecule has 1 N–H and O–H groups in total. The number of anilines is 1. The van der Waals surface area contributed by atoms with E-state index < -0.39 is 0 Å². The van der Waals surface area contributed by atoms with E-state index in [9.17, 15) is 9.18 Å². The number of rotatable bonds is 5. The van der Waals surface area contributed by atoms with Crippen LogP contribution < -0.4 is 5.32 Å². The maximum absolute atomic E-state index is 12.9. The number of nitrogens with one attached hydrogen (secondary N) is 1. The molecule has 2 heterocycles. The number of halogens is 1. The van der Waals surface area contributed by atoms with Crippen LogP contribution in [0.4, 0.5) is 14.9 Å². The molecular formula is C18H21FN4O2. The van der Waals surface area contributed by atoms with Crippen LogP contribution in [0.1, 0.15) is 18.4 Å². The van der Waals surface area contributed by atoms with Crippen molar-refractivity contribution in [2.45, 2.75) is 19.4 Å². The van der Waals surface area contributed by atoms with Crippen LogP contribution >= 0.6 is 0 Å². The molecule has 2 aromatic rings. The van der Waals surface area contributed by atoms with E-state index in [1.165, 1.54) is 12.1 Å². The van der Waals surface area contributed by atoms with Crippen LogP contribution in [0.3, 0.4) is 0 Å². The molecule has 3 rings (SSSR count). The molecule has 1 aromatic heterocycles. The van der Waals surface area contributed by atoms with Gasteiger partial charge in [-0.25, -0.2) is 9.18 Å². The van der Waals surface area contributed by atoms with Crippen molar-refractivity contribution in [2.24, 2.45) is 5.92 Å². The second kappa shape index (κ2) is 8.41. The predicted octanol–water partition coefficient (Wildman–Crippen LogP) is 3.08. The fourth-order valence-electron chi connectivity index (χ4n) is 2.79. The number of likely N-dealkylation sites (tertiary alicyclic amines) is 1. The molecule has 0 aliphatic carbocycles. The van der Waals surface area contributed by atoms with E-state index in [0.717, 1.165) is 30.6 Å². The minimum Gasteiger partial charge on any atom is -0.445 e. The number of piperidine rings is 1. The fraction of sp³-hybridized carbons (Fsp3) is 0.389. The monoisotopic (exact) mass is 344 g/mol. The zero-order valence-electron chi connectivity index (χ0n) is 13.9. The molecule has 0 spiro atoms. The maximum atomic E-state index is 12.9. The van der Waals surface area contributed by atoms with Gasteiger partial charge in [0.25, 0.3) is 0 Å². The standard InChI is InChI=1S/C18H21FN4O2/c19-16-3-1-15(2-4-16)13-25-18(24)23-9-6-14(7-10-23)11-20-17-5-8-21-22-12-17/h1-5,8,12,14H,6-7,9-11,13H2,(H,20,21). The molecule has 0 bridgehead atoms. The number of nitrogens with zero attached hydrogens (tertiary/aromatic N) is 3. The molecule has 0 atom stereocenters. The number of aromatic nitrogens is 2. The third-order valence-electron chi connectivity index (χ3n) is 4.33. The third kappa shape index (κ3) is 5.14. The Bertz CT molecular complexity index is 673. The van der Waals surface area contributed by atoms with Crippen LogP contribution in [0.25, 0.3) is 0 Å². The number of benzene rings is 1. The van der Waals surface area contributed by atoms with Crippen LogP contribution in [0.2, 0.25) is 0 Å². The first-order valence-corrected chi connectivity index (χ1v) is 8.37. The second-order valence-corrected chi connectivity index (χ2v) is 6.12. The summed E-state index contributed by atoms with van der Waals surface area (Å²) >= 11 is 0. The molecule has 0 radical (unpaired) electrons. The summed E-state index contributed by atoms with van der Waals surface area (Å²) in [5.41, 5.74) is 1.73. The van der Waals surface area contributed by atoms with E-state index in [1.807, 2.05) is 6.07 Å². The van der Waals surface area contributed by atoms with Gasteiger partial charge in [-0.2, -0.15) is 10.2 Å². The van der Waals surface area contributed by atoms with Crippen molar-refractivity contribution in [3.8, 4) is 0 Å². The molecule has 0 unspecified atom stereocenters. The molecule has 1 amide bonds. The quantitative estimate of drug-likeness (QED) is 0.903. The highest BCUT2D eigenvalue weighted by Gasteiger charge is 2.23. The molecule has 25 heavy (non-hydrogen) atoms. The van der Waals surface area contributed by atoms with Crippen molar-refractivity contribution >= 4 is 11.8 Å². The van der Waals surface area contributed by atoms with Crippen molar-refractivity contribution < 1.29 is 13.9 Å². The van der Waals surface area contributed by atoms with Crippen molar-refractivity contribution in [2.75, 3.05) is 25.0 Å². The Balaban J connectivity index is 1.38. The Morgan fingerprint density at radius 2 is 1.96 bits per heavy atom. The summed E-state index contributed by atoms with van der Waals surface area (Å²) in [5.74, 6) is 0.211. The summed E-state index contributed by atoms with van der Waals surface area (Å²) < 4.78 is 18.2. The second-order valence-electron chi connectivity index (χ2n) is 6.12. The number of hydrogen-bond donors (Lipinski definition) is 1. The summed E-state index contributed by atoms with van der Waals surface area (Å²) in [6, 6.07) is 7.85. The lowest BCUT2D eigenvalue weighted by atomic mass is 9.97. The predicted molar refractivity (Wildman–Crippen MR) is 91.4 cm³/mol.